The van der Waals surface area contributed by atoms with Crippen LogP contribution in [-0.2, 0) is 0 Å². The number of pyridine rings is 1. The lowest BCUT2D eigenvalue weighted by atomic mass is 10.0. The van der Waals surface area contributed by atoms with Gasteiger partial charge in [-0.25, -0.2) is 0 Å². The minimum atomic E-state index is 0.0294. The van der Waals surface area contributed by atoms with Gasteiger partial charge in [0.05, 0.1) is 18.0 Å². The van der Waals surface area contributed by atoms with Gasteiger partial charge in [-0.05, 0) is 42.9 Å². The van der Waals surface area contributed by atoms with Crippen molar-refractivity contribution in [3.63, 3.8) is 0 Å². The Kier molecular flexibility index (Phi) is 4.20. The van der Waals surface area contributed by atoms with Gasteiger partial charge in [-0.1, -0.05) is 19.4 Å². The second-order valence-electron chi connectivity index (χ2n) is 5.19. The van der Waals surface area contributed by atoms with Crippen molar-refractivity contribution in [1.82, 2.24) is 15.2 Å². The molecule has 1 aliphatic rings. The number of rotatable bonds is 5. The quantitative estimate of drug-likeness (QED) is 0.857. The minimum absolute atomic E-state index is 0.0294. The van der Waals surface area contributed by atoms with Crippen molar-refractivity contribution in [2.75, 3.05) is 6.54 Å². The lowest BCUT2D eigenvalue weighted by Gasteiger charge is -2.25. The van der Waals surface area contributed by atoms with Gasteiger partial charge in [0.15, 0.2) is 5.11 Å². The van der Waals surface area contributed by atoms with Crippen molar-refractivity contribution in [1.29, 1.82) is 0 Å². The average Bonchev–Trinajstić information content (AvgIpc) is 3.13. The zero-order valence-corrected chi connectivity index (χ0v) is 12.8. The number of hydrogen-bond donors (Lipinski definition) is 1. The fourth-order valence-corrected chi connectivity index (χ4v) is 3.08. The lowest BCUT2D eigenvalue weighted by Crippen LogP contribution is -2.30. The molecule has 0 unspecified atom stereocenters. The van der Waals surface area contributed by atoms with Crippen LogP contribution in [0.3, 0.4) is 0 Å². The van der Waals surface area contributed by atoms with Gasteiger partial charge < -0.3 is 14.6 Å². The first-order chi connectivity index (χ1) is 10.3. The Balaban J connectivity index is 1.94. The van der Waals surface area contributed by atoms with Gasteiger partial charge >= 0.3 is 0 Å². The van der Waals surface area contributed by atoms with E-state index in [2.05, 4.69) is 22.1 Å². The molecule has 4 nitrogen and oxygen atoms in total. The van der Waals surface area contributed by atoms with E-state index in [-0.39, 0.29) is 12.1 Å². The van der Waals surface area contributed by atoms with Crippen molar-refractivity contribution in [3.05, 3.63) is 54.2 Å². The zero-order chi connectivity index (χ0) is 14.7. The van der Waals surface area contributed by atoms with Crippen LogP contribution in [0.4, 0.5) is 0 Å². The molecule has 3 heterocycles. The Morgan fingerprint density at radius 3 is 2.90 bits per heavy atom. The molecule has 110 valence electrons. The summed E-state index contributed by atoms with van der Waals surface area (Å²) >= 11 is 5.53. The van der Waals surface area contributed by atoms with Gasteiger partial charge in [-0.3, -0.25) is 4.98 Å². The molecule has 1 saturated heterocycles. The Hall–Kier alpha value is -1.88. The number of thiocarbonyl (C=S) groups is 1. The third-order valence-corrected chi connectivity index (χ3v) is 4.14. The van der Waals surface area contributed by atoms with Gasteiger partial charge in [0.1, 0.15) is 11.8 Å². The van der Waals surface area contributed by atoms with Crippen LogP contribution in [0.25, 0.3) is 0 Å². The molecule has 1 aliphatic heterocycles. The molecule has 1 fully saturated rings. The van der Waals surface area contributed by atoms with Crippen LogP contribution in [0.2, 0.25) is 0 Å². The number of unbranched alkanes of at least 4 members (excludes halogenated alkanes) is 1. The van der Waals surface area contributed by atoms with Crippen molar-refractivity contribution >= 4 is 17.3 Å². The van der Waals surface area contributed by atoms with E-state index in [4.69, 9.17) is 16.6 Å². The highest BCUT2D eigenvalue weighted by molar-refractivity contribution is 7.80. The van der Waals surface area contributed by atoms with Crippen LogP contribution in [-0.4, -0.2) is 21.5 Å². The Labute approximate surface area is 130 Å². The molecule has 0 amide bonds. The van der Waals surface area contributed by atoms with Gasteiger partial charge in [-0.2, -0.15) is 0 Å². The zero-order valence-electron chi connectivity index (χ0n) is 12.0. The average molecular weight is 301 g/mol. The monoisotopic (exact) mass is 301 g/mol. The summed E-state index contributed by atoms with van der Waals surface area (Å²) in [6.45, 7) is 3.11. The van der Waals surface area contributed by atoms with Crippen LogP contribution < -0.4 is 5.32 Å². The maximum Gasteiger partial charge on any atom is 0.170 e. The first kappa shape index (κ1) is 14.1. The van der Waals surface area contributed by atoms with Crippen LogP contribution in [0.1, 0.15) is 43.3 Å². The molecule has 0 aliphatic carbocycles. The molecule has 5 heteroatoms. The van der Waals surface area contributed by atoms with Crippen LogP contribution in [0.15, 0.2) is 47.2 Å². The van der Waals surface area contributed by atoms with Gasteiger partial charge in [-0.15, -0.1) is 0 Å². The second kappa shape index (κ2) is 6.26. The molecule has 0 bridgehead atoms. The first-order valence-corrected chi connectivity index (χ1v) is 7.73. The number of hydrogen-bond acceptors (Lipinski definition) is 3. The molecule has 3 rings (SSSR count). The summed E-state index contributed by atoms with van der Waals surface area (Å²) in [5, 5.41) is 4.18. The maximum atomic E-state index is 5.66. The molecular weight excluding hydrogens is 282 g/mol. The van der Waals surface area contributed by atoms with E-state index in [9.17, 15) is 0 Å². The summed E-state index contributed by atoms with van der Waals surface area (Å²) in [6, 6.07) is 9.98. The number of furan rings is 1. The van der Waals surface area contributed by atoms with Crippen molar-refractivity contribution in [2.24, 2.45) is 0 Å². The summed E-state index contributed by atoms with van der Waals surface area (Å²) in [4.78, 5) is 6.70. The Bertz CT molecular complexity index is 585. The fraction of sp³-hybridized carbons (Fsp3) is 0.375. The summed E-state index contributed by atoms with van der Waals surface area (Å²) in [7, 11) is 0. The molecule has 0 radical (unpaired) electrons. The predicted molar refractivity (Wildman–Crippen MR) is 85.8 cm³/mol. The number of aromatic nitrogens is 1. The SMILES string of the molecule is CCCCN1C(=S)N[C@@H](c2ccccn2)[C@H]1c1ccco1. The normalized spacial score (nSPS) is 21.6. The van der Waals surface area contributed by atoms with E-state index in [0.717, 1.165) is 36.0 Å². The molecule has 0 saturated carbocycles. The van der Waals surface area contributed by atoms with Crippen LogP contribution in [0, 0.1) is 0 Å². The molecule has 2 aromatic rings. The maximum absolute atomic E-state index is 5.66. The van der Waals surface area contributed by atoms with Crippen molar-refractivity contribution in [2.45, 2.75) is 31.8 Å². The Morgan fingerprint density at radius 1 is 1.33 bits per heavy atom. The van der Waals surface area contributed by atoms with Crippen molar-refractivity contribution < 1.29 is 4.42 Å². The van der Waals surface area contributed by atoms with Gasteiger partial charge in [0.25, 0.3) is 0 Å². The van der Waals surface area contributed by atoms with E-state index in [1.807, 2.05) is 36.5 Å². The number of nitrogens with one attached hydrogen (secondary N) is 1. The molecule has 1 N–H and O–H groups in total. The molecule has 2 atom stereocenters. The third-order valence-electron chi connectivity index (χ3n) is 3.79. The summed E-state index contributed by atoms with van der Waals surface area (Å²) < 4.78 is 5.66. The highest BCUT2D eigenvalue weighted by atomic mass is 32.1. The fourth-order valence-electron chi connectivity index (χ4n) is 2.74. The van der Waals surface area contributed by atoms with E-state index in [0.29, 0.717) is 0 Å². The summed E-state index contributed by atoms with van der Waals surface area (Å²) in [5.74, 6) is 0.925. The third kappa shape index (κ3) is 2.78. The summed E-state index contributed by atoms with van der Waals surface area (Å²) in [5.41, 5.74) is 0.986. The van der Waals surface area contributed by atoms with Crippen LogP contribution in [0.5, 0.6) is 0 Å². The minimum Gasteiger partial charge on any atom is -0.467 e. The Morgan fingerprint density at radius 2 is 2.24 bits per heavy atom. The van der Waals surface area contributed by atoms with E-state index < -0.39 is 0 Å². The van der Waals surface area contributed by atoms with E-state index in [1.54, 1.807) is 6.26 Å². The first-order valence-electron chi connectivity index (χ1n) is 7.32. The lowest BCUT2D eigenvalue weighted by molar-refractivity contribution is 0.269. The summed E-state index contributed by atoms with van der Waals surface area (Å²) in [6.07, 6.45) is 5.77. The largest absolute Gasteiger partial charge is 0.467 e. The van der Waals surface area contributed by atoms with E-state index in [1.165, 1.54) is 0 Å². The molecule has 21 heavy (non-hydrogen) atoms. The highest BCUT2D eigenvalue weighted by Gasteiger charge is 2.40. The van der Waals surface area contributed by atoms with E-state index >= 15 is 0 Å². The van der Waals surface area contributed by atoms with Gasteiger partial charge in [0.2, 0.25) is 0 Å². The highest BCUT2D eigenvalue weighted by Crippen LogP contribution is 2.38. The number of nitrogens with zero attached hydrogens (tertiary/aromatic N) is 2. The second-order valence-corrected chi connectivity index (χ2v) is 5.58. The van der Waals surface area contributed by atoms with Crippen LogP contribution >= 0.6 is 12.2 Å². The smallest absolute Gasteiger partial charge is 0.170 e. The topological polar surface area (TPSA) is 41.3 Å². The molecule has 0 aromatic carbocycles. The predicted octanol–water partition coefficient (Wildman–Crippen LogP) is 3.45. The standard InChI is InChI=1S/C16H19N3OS/c1-2-3-10-19-15(13-8-6-11-20-13)14(18-16(19)21)12-7-4-5-9-17-12/h4-9,11,14-15H,2-3,10H2,1H3,(H,18,21)/t14-,15+/m0/s1. The van der Waals surface area contributed by atoms with Crippen molar-refractivity contribution in [3.8, 4) is 0 Å². The molecule has 0 spiro atoms. The van der Waals surface area contributed by atoms with Gasteiger partial charge in [0, 0.05) is 12.7 Å². The molecular formula is C16H19N3OS. The molecule has 2 aromatic heterocycles.